The standard InChI is InChI=1S/C22H25N3O14S2/c23-16(9-12-1-5-14(6-2-12)38-40(32,33)34)20(28)24-17(11-19(26)27)21(29)25-18(22(30)31)10-13-3-7-15(8-4-13)39-41(35,36)37/h1-8,16-18H,9-11,23H2,(H,24,28)(H,25,29)(H,26,27)(H,30,31)(H,32,33,34)(H,35,36,37)/t16-,17-,18-/m0/s1. The van der Waals surface area contributed by atoms with Gasteiger partial charge in [0.05, 0.1) is 12.5 Å². The van der Waals surface area contributed by atoms with Gasteiger partial charge < -0.3 is 34.9 Å². The van der Waals surface area contributed by atoms with Gasteiger partial charge in [0.2, 0.25) is 11.8 Å². The van der Waals surface area contributed by atoms with Crippen LogP contribution in [0, 0.1) is 0 Å². The van der Waals surface area contributed by atoms with Gasteiger partial charge in [-0.1, -0.05) is 24.3 Å². The largest absolute Gasteiger partial charge is 0.481 e. The Balaban J connectivity index is 2.06. The fraction of sp³-hybridized carbons (Fsp3) is 0.273. The number of nitrogens with two attached hydrogens (primary N) is 1. The molecule has 0 fully saturated rings. The topological polar surface area (TPSA) is 286 Å². The molecule has 2 aromatic carbocycles. The van der Waals surface area contributed by atoms with Crippen LogP contribution in [-0.4, -0.2) is 78.0 Å². The summed E-state index contributed by atoms with van der Waals surface area (Å²) in [5.41, 5.74) is 6.55. The Bertz CT molecular complexity index is 1480. The second kappa shape index (κ2) is 13.9. The average Bonchev–Trinajstić information content (AvgIpc) is 2.83. The number of aliphatic carboxylic acids is 2. The number of carbonyl (C=O) groups excluding carboxylic acids is 2. The van der Waals surface area contributed by atoms with Gasteiger partial charge >= 0.3 is 32.7 Å². The van der Waals surface area contributed by atoms with E-state index in [2.05, 4.69) is 19.0 Å². The van der Waals surface area contributed by atoms with Gasteiger partial charge in [-0.05, 0) is 41.8 Å². The first-order chi connectivity index (χ1) is 18.9. The van der Waals surface area contributed by atoms with Crippen molar-refractivity contribution in [3.63, 3.8) is 0 Å². The monoisotopic (exact) mass is 619 g/mol. The van der Waals surface area contributed by atoms with E-state index in [9.17, 15) is 46.2 Å². The number of carboxylic acids is 2. The van der Waals surface area contributed by atoms with Crippen LogP contribution in [0.2, 0.25) is 0 Å². The Labute approximate surface area is 233 Å². The SMILES string of the molecule is N[C@@H](Cc1ccc(OS(=O)(=O)O)cc1)C(=O)N[C@@H](CC(=O)O)C(=O)N[C@@H](Cc1ccc(OS(=O)(=O)O)cc1)C(=O)O. The van der Waals surface area contributed by atoms with Gasteiger partial charge in [0, 0.05) is 6.42 Å². The third-order valence-corrected chi connectivity index (χ3v) is 5.91. The Morgan fingerprint density at radius 3 is 1.51 bits per heavy atom. The number of carbonyl (C=O) groups is 4. The Morgan fingerprint density at radius 2 is 1.12 bits per heavy atom. The molecule has 2 aromatic rings. The number of nitrogens with one attached hydrogen (secondary N) is 2. The molecule has 2 amide bonds. The van der Waals surface area contributed by atoms with Crippen molar-refractivity contribution in [2.24, 2.45) is 5.73 Å². The van der Waals surface area contributed by atoms with E-state index >= 15 is 0 Å². The molecule has 8 N–H and O–H groups in total. The van der Waals surface area contributed by atoms with E-state index in [1.807, 2.05) is 0 Å². The van der Waals surface area contributed by atoms with E-state index in [4.69, 9.17) is 14.8 Å². The first-order valence-corrected chi connectivity index (χ1v) is 14.0. The molecule has 2 rings (SSSR count). The maximum atomic E-state index is 12.8. The number of hydrogen-bond acceptors (Lipinski definition) is 11. The molecule has 0 aliphatic heterocycles. The first kappa shape index (κ1) is 32.9. The minimum atomic E-state index is -4.78. The molecule has 0 bridgehead atoms. The molecular formula is C22H25N3O14S2. The lowest BCUT2D eigenvalue weighted by molar-refractivity contribution is -0.143. The molecule has 0 unspecified atom stereocenters. The number of benzene rings is 2. The van der Waals surface area contributed by atoms with Crippen LogP contribution in [0.3, 0.4) is 0 Å². The molecule has 17 nitrogen and oxygen atoms in total. The lowest BCUT2D eigenvalue weighted by atomic mass is 10.0. The van der Waals surface area contributed by atoms with E-state index in [-0.39, 0.29) is 29.9 Å². The predicted octanol–water partition coefficient (Wildman–Crippen LogP) is -1.31. The quantitative estimate of drug-likeness (QED) is 0.114. The highest BCUT2D eigenvalue weighted by Gasteiger charge is 2.30. The zero-order valence-corrected chi connectivity index (χ0v) is 22.4. The van der Waals surface area contributed by atoms with Crippen molar-refractivity contribution in [3.8, 4) is 11.5 Å². The molecule has 0 aliphatic carbocycles. The van der Waals surface area contributed by atoms with E-state index in [1.54, 1.807) is 0 Å². The van der Waals surface area contributed by atoms with Crippen molar-refractivity contribution < 1.29 is 63.7 Å². The summed E-state index contributed by atoms with van der Waals surface area (Å²) < 4.78 is 69.0. The lowest BCUT2D eigenvalue weighted by Crippen LogP contribution is -2.55. The van der Waals surface area contributed by atoms with Crippen LogP contribution in [0.25, 0.3) is 0 Å². The number of amides is 2. The van der Waals surface area contributed by atoms with Gasteiger partial charge in [0.15, 0.2) is 0 Å². The molecule has 0 saturated carbocycles. The number of hydrogen-bond donors (Lipinski definition) is 7. The van der Waals surface area contributed by atoms with E-state index in [0.717, 1.165) is 12.1 Å². The summed E-state index contributed by atoms with van der Waals surface area (Å²) in [7, 11) is -9.52. The highest BCUT2D eigenvalue weighted by molar-refractivity contribution is 7.81. The van der Waals surface area contributed by atoms with Crippen LogP contribution in [0.1, 0.15) is 17.5 Å². The summed E-state index contributed by atoms with van der Waals surface area (Å²) in [5, 5.41) is 23.0. The summed E-state index contributed by atoms with van der Waals surface area (Å²) in [5.74, 6) is -5.58. The summed E-state index contributed by atoms with van der Waals surface area (Å²) in [6.07, 6.45) is -1.40. The molecule has 0 radical (unpaired) electrons. The smallest absolute Gasteiger partial charge is 0.446 e. The van der Waals surface area contributed by atoms with Gasteiger partial charge in [-0.25, -0.2) is 4.79 Å². The molecule has 0 aliphatic rings. The zero-order chi connectivity index (χ0) is 31.0. The molecule has 0 spiro atoms. The second-order valence-corrected chi connectivity index (χ2v) is 10.4. The highest BCUT2D eigenvalue weighted by atomic mass is 32.3. The third-order valence-electron chi connectivity index (χ3n) is 5.11. The Kier molecular flexibility index (Phi) is 11.1. The van der Waals surface area contributed by atoms with Crippen LogP contribution in [0.5, 0.6) is 11.5 Å². The average molecular weight is 620 g/mol. The van der Waals surface area contributed by atoms with Crippen LogP contribution in [-0.2, 0) is 52.8 Å². The summed E-state index contributed by atoms with van der Waals surface area (Å²) in [6.45, 7) is 0. The van der Waals surface area contributed by atoms with E-state index in [1.165, 1.54) is 36.4 Å². The van der Waals surface area contributed by atoms with Crippen LogP contribution < -0.4 is 24.7 Å². The number of rotatable bonds is 15. The fourth-order valence-corrected chi connectivity index (χ4v) is 4.03. The van der Waals surface area contributed by atoms with Gasteiger partial charge in [-0.15, -0.1) is 0 Å². The van der Waals surface area contributed by atoms with Crippen molar-refractivity contribution >= 4 is 44.6 Å². The van der Waals surface area contributed by atoms with Gasteiger partial charge in [0.25, 0.3) is 0 Å². The minimum Gasteiger partial charge on any atom is -0.481 e. The zero-order valence-electron chi connectivity index (χ0n) is 20.7. The molecule has 41 heavy (non-hydrogen) atoms. The van der Waals surface area contributed by atoms with E-state index in [0.29, 0.717) is 5.56 Å². The van der Waals surface area contributed by atoms with E-state index < -0.39 is 69.1 Å². The Hall–Kier alpha value is -4.30. The van der Waals surface area contributed by atoms with Crippen molar-refractivity contribution in [2.75, 3.05) is 0 Å². The highest BCUT2D eigenvalue weighted by Crippen LogP contribution is 2.16. The van der Waals surface area contributed by atoms with Crippen molar-refractivity contribution in [1.29, 1.82) is 0 Å². The van der Waals surface area contributed by atoms with Gasteiger partial charge in [-0.3, -0.25) is 23.5 Å². The van der Waals surface area contributed by atoms with Crippen molar-refractivity contribution in [2.45, 2.75) is 37.4 Å². The molecule has 0 saturated heterocycles. The lowest BCUT2D eigenvalue weighted by Gasteiger charge is -2.22. The summed E-state index contributed by atoms with van der Waals surface area (Å²) in [4.78, 5) is 48.4. The summed E-state index contributed by atoms with van der Waals surface area (Å²) in [6, 6.07) is 5.17. The second-order valence-electron chi connectivity index (χ2n) is 8.38. The van der Waals surface area contributed by atoms with Crippen LogP contribution in [0.4, 0.5) is 0 Å². The maximum absolute atomic E-state index is 12.8. The Morgan fingerprint density at radius 1 is 0.707 bits per heavy atom. The van der Waals surface area contributed by atoms with Crippen LogP contribution in [0.15, 0.2) is 48.5 Å². The van der Waals surface area contributed by atoms with Crippen LogP contribution >= 0.6 is 0 Å². The predicted molar refractivity (Wildman–Crippen MR) is 136 cm³/mol. The molecular weight excluding hydrogens is 594 g/mol. The molecule has 0 aromatic heterocycles. The fourth-order valence-electron chi connectivity index (χ4n) is 3.32. The third kappa shape index (κ3) is 12.2. The minimum absolute atomic E-state index is 0.144. The molecule has 3 atom stereocenters. The van der Waals surface area contributed by atoms with Crippen molar-refractivity contribution in [3.05, 3.63) is 59.7 Å². The first-order valence-electron chi connectivity index (χ1n) is 11.2. The normalized spacial score (nSPS) is 13.7. The van der Waals surface area contributed by atoms with Gasteiger partial charge in [0.1, 0.15) is 23.6 Å². The maximum Gasteiger partial charge on any atom is 0.446 e. The van der Waals surface area contributed by atoms with Crippen molar-refractivity contribution in [1.82, 2.24) is 10.6 Å². The molecule has 19 heteroatoms. The molecule has 224 valence electrons. The number of carboxylic acid groups (broad SMARTS) is 2. The summed E-state index contributed by atoms with van der Waals surface area (Å²) >= 11 is 0. The van der Waals surface area contributed by atoms with Gasteiger partial charge in [-0.2, -0.15) is 16.8 Å². The molecule has 0 heterocycles.